The van der Waals surface area contributed by atoms with Gasteiger partial charge in [-0.1, -0.05) is 0 Å². The van der Waals surface area contributed by atoms with Crippen molar-refractivity contribution in [1.82, 2.24) is 10.3 Å². The van der Waals surface area contributed by atoms with E-state index in [0.29, 0.717) is 30.9 Å². The highest BCUT2D eigenvalue weighted by molar-refractivity contribution is 7.91. The predicted molar refractivity (Wildman–Crippen MR) is 95.6 cm³/mol. The van der Waals surface area contributed by atoms with Crippen LogP contribution in [-0.4, -0.2) is 62.7 Å². The van der Waals surface area contributed by atoms with Gasteiger partial charge >= 0.3 is 0 Å². The molecule has 138 valence electrons. The quantitative estimate of drug-likeness (QED) is 0.807. The Morgan fingerprint density at radius 2 is 2.28 bits per heavy atom. The Hall–Kier alpha value is -1.67. The number of nitrogens with one attached hydrogen (secondary N) is 1. The molecule has 2 fully saturated rings. The van der Waals surface area contributed by atoms with Gasteiger partial charge in [-0.05, 0) is 38.3 Å². The second-order valence-electron chi connectivity index (χ2n) is 6.59. The third-order valence-electron chi connectivity index (χ3n) is 4.81. The van der Waals surface area contributed by atoms with Gasteiger partial charge in [-0.15, -0.1) is 0 Å². The number of carbonyl (C=O) groups is 1. The second-order valence-corrected chi connectivity index (χ2v) is 8.82. The molecule has 8 heteroatoms. The summed E-state index contributed by atoms with van der Waals surface area (Å²) in [7, 11) is -2.97. The van der Waals surface area contributed by atoms with Crippen LogP contribution in [0.3, 0.4) is 0 Å². The summed E-state index contributed by atoms with van der Waals surface area (Å²) in [5, 5.41) is 2.90. The number of ether oxygens (including phenoxy) is 1. The van der Waals surface area contributed by atoms with E-state index in [1.165, 1.54) is 0 Å². The first kappa shape index (κ1) is 18.1. The Bertz CT molecular complexity index is 716. The van der Waals surface area contributed by atoms with E-state index in [-0.39, 0.29) is 29.6 Å². The van der Waals surface area contributed by atoms with Crippen molar-refractivity contribution in [3.8, 4) is 0 Å². The molecule has 0 spiro atoms. The minimum Gasteiger partial charge on any atom is -0.376 e. The molecule has 0 aromatic carbocycles. The molecule has 0 saturated carbocycles. The Kier molecular flexibility index (Phi) is 5.58. The lowest BCUT2D eigenvalue weighted by atomic mass is 10.2. The van der Waals surface area contributed by atoms with E-state index in [9.17, 15) is 13.2 Å². The number of amides is 1. The molecule has 2 atom stereocenters. The summed E-state index contributed by atoms with van der Waals surface area (Å²) in [5.74, 6) is 0.858. The third-order valence-corrected chi connectivity index (χ3v) is 6.56. The highest BCUT2D eigenvalue weighted by Crippen LogP contribution is 2.23. The van der Waals surface area contributed by atoms with Crippen LogP contribution in [-0.2, 0) is 14.6 Å². The Morgan fingerprint density at radius 3 is 2.92 bits per heavy atom. The Morgan fingerprint density at radius 1 is 1.44 bits per heavy atom. The third kappa shape index (κ3) is 4.49. The van der Waals surface area contributed by atoms with E-state index in [4.69, 9.17) is 4.74 Å². The van der Waals surface area contributed by atoms with E-state index in [2.05, 4.69) is 10.3 Å². The van der Waals surface area contributed by atoms with Crippen LogP contribution in [0.1, 0.15) is 36.5 Å². The van der Waals surface area contributed by atoms with Crippen molar-refractivity contribution in [2.45, 2.75) is 38.3 Å². The normalized spacial score (nSPS) is 25.0. The number of rotatable bonds is 6. The maximum atomic E-state index is 12.4. The summed E-state index contributed by atoms with van der Waals surface area (Å²) in [6.45, 7) is 3.88. The fraction of sp³-hybridized carbons (Fsp3) is 0.647. The SMILES string of the molecule is CCN(c1cc(C(=O)NCC2CCCO2)ccn1)C1CCS(=O)(=O)C1. The zero-order valence-corrected chi connectivity index (χ0v) is 15.3. The molecule has 1 N–H and O–H groups in total. The number of hydrogen-bond donors (Lipinski definition) is 1. The van der Waals surface area contributed by atoms with Crippen LogP contribution in [0.25, 0.3) is 0 Å². The lowest BCUT2D eigenvalue weighted by Crippen LogP contribution is -2.37. The summed E-state index contributed by atoms with van der Waals surface area (Å²) in [6.07, 6.45) is 4.31. The number of hydrogen-bond acceptors (Lipinski definition) is 6. The minimum absolute atomic E-state index is 0.0762. The van der Waals surface area contributed by atoms with Gasteiger partial charge in [0.15, 0.2) is 9.84 Å². The van der Waals surface area contributed by atoms with E-state index in [0.717, 1.165) is 19.4 Å². The van der Waals surface area contributed by atoms with E-state index < -0.39 is 9.84 Å². The van der Waals surface area contributed by atoms with Gasteiger partial charge in [-0.2, -0.15) is 0 Å². The molecular formula is C17H25N3O4S. The largest absolute Gasteiger partial charge is 0.376 e. The zero-order chi connectivity index (χ0) is 17.9. The van der Waals surface area contributed by atoms with Crippen LogP contribution in [0.15, 0.2) is 18.3 Å². The van der Waals surface area contributed by atoms with Crippen molar-refractivity contribution in [1.29, 1.82) is 0 Å². The monoisotopic (exact) mass is 367 g/mol. The summed E-state index contributed by atoms with van der Waals surface area (Å²) in [4.78, 5) is 18.7. The van der Waals surface area contributed by atoms with Gasteiger partial charge in [0.1, 0.15) is 5.82 Å². The van der Waals surface area contributed by atoms with Crippen LogP contribution in [0, 0.1) is 0 Å². The number of carbonyl (C=O) groups excluding carboxylic acids is 1. The van der Waals surface area contributed by atoms with Gasteiger partial charge in [0.05, 0.1) is 17.6 Å². The van der Waals surface area contributed by atoms with Crippen LogP contribution >= 0.6 is 0 Å². The van der Waals surface area contributed by atoms with Gasteiger partial charge in [0.25, 0.3) is 5.91 Å². The molecule has 0 radical (unpaired) electrons. The average molecular weight is 367 g/mol. The molecule has 0 bridgehead atoms. The number of aromatic nitrogens is 1. The highest BCUT2D eigenvalue weighted by atomic mass is 32.2. The molecule has 2 saturated heterocycles. The maximum absolute atomic E-state index is 12.4. The van der Waals surface area contributed by atoms with E-state index in [1.807, 2.05) is 11.8 Å². The summed E-state index contributed by atoms with van der Waals surface area (Å²) in [5.41, 5.74) is 0.530. The molecule has 1 aromatic rings. The average Bonchev–Trinajstić information content (AvgIpc) is 3.23. The molecule has 2 aliphatic rings. The van der Waals surface area contributed by atoms with Gasteiger partial charge in [-0.25, -0.2) is 13.4 Å². The van der Waals surface area contributed by atoms with Crippen molar-refractivity contribution in [2.75, 3.05) is 36.1 Å². The first-order valence-electron chi connectivity index (χ1n) is 8.81. The fourth-order valence-corrected chi connectivity index (χ4v) is 5.19. The lowest BCUT2D eigenvalue weighted by molar-refractivity contribution is 0.0857. The fourth-order valence-electron chi connectivity index (χ4n) is 3.46. The van der Waals surface area contributed by atoms with E-state index >= 15 is 0 Å². The molecule has 0 aliphatic carbocycles. The minimum atomic E-state index is -2.97. The summed E-state index contributed by atoms with van der Waals surface area (Å²) >= 11 is 0. The number of pyridine rings is 1. The number of anilines is 1. The predicted octanol–water partition coefficient (Wildman–Crippen LogP) is 1.00. The van der Waals surface area contributed by atoms with Gasteiger partial charge in [0, 0.05) is 37.5 Å². The molecule has 1 aromatic heterocycles. The standard InChI is InChI=1S/C17H25N3O4S/c1-2-20(14-6-9-25(22,23)12-14)16-10-13(5-7-18-16)17(21)19-11-15-4-3-8-24-15/h5,7,10,14-15H,2-4,6,8-9,11-12H2,1H3,(H,19,21). The van der Waals surface area contributed by atoms with Crippen LogP contribution in [0.5, 0.6) is 0 Å². The van der Waals surface area contributed by atoms with Crippen molar-refractivity contribution in [3.63, 3.8) is 0 Å². The molecule has 2 aliphatic heterocycles. The summed E-state index contributed by atoms with van der Waals surface area (Å²) < 4.78 is 29.0. The van der Waals surface area contributed by atoms with Crippen LogP contribution in [0.2, 0.25) is 0 Å². The van der Waals surface area contributed by atoms with Crippen LogP contribution in [0.4, 0.5) is 5.82 Å². The first-order chi connectivity index (χ1) is 12.0. The lowest BCUT2D eigenvalue weighted by Gasteiger charge is -2.28. The van der Waals surface area contributed by atoms with Crippen molar-refractivity contribution < 1.29 is 17.9 Å². The zero-order valence-electron chi connectivity index (χ0n) is 14.5. The molecule has 3 heterocycles. The van der Waals surface area contributed by atoms with Crippen molar-refractivity contribution in [3.05, 3.63) is 23.9 Å². The smallest absolute Gasteiger partial charge is 0.251 e. The molecule has 3 rings (SSSR count). The van der Waals surface area contributed by atoms with Crippen molar-refractivity contribution >= 4 is 21.6 Å². The van der Waals surface area contributed by atoms with Gasteiger partial charge in [0.2, 0.25) is 0 Å². The van der Waals surface area contributed by atoms with Crippen LogP contribution < -0.4 is 10.2 Å². The Balaban J connectivity index is 1.68. The Labute approximate surface area is 148 Å². The summed E-state index contributed by atoms with van der Waals surface area (Å²) in [6, 6.07) is 3.33. The molecule has 7 nitrogen and oxygen atoms in total. The topological polar surface area (TPSA) is 88.6 Å². The first-order valence-corrected chi connectivity index (χ1v) is 10.6. The van der Waals surface area contributed by atoms with Gasteiger partial charge in [-0.3, -0.25) is 4.79 Å². The molecule has 2 unspecified atom stereocenters. The molecular weight excluding hydrogens is 342 g/mol. The number of nitrogens with zero attached hydrogens (tertiary/aromatic N) is 2. The van der Waals surface area contributed by atoms with Gasteiger partial charge < -0.3 is 15.0 Å². The van der Waals surface area contributed by atoms with Crippen molar-refractivity contribution in [2.24, 2.45) is 0 Å². The highest BCUT2D eigenvalue weighted by Gasteiger charge is 2.32. The number of sulfone groups is 1. The van der Waals surface area contributed by atoms with E-state index in [1.54, 1.807) is 18.3 Å². The molecule has 1 amide bonds. The molecule has 25 heavy (non-hydrogen) atoms. The second kappa shape index (κ2) is 7.70. The maximum Gasteiger partial charge on any atom is 0.251 e.